The van der Waals surface area contributed by atoms with Crippen LogP contribution in [0.1, 0.15) is 54.9 Å². The number of hydrogen-bond acceptors (Lipinski definition) is 4. The van der Waals surface area contributed by atoms with Crippen LogP contribution in [-0.4, -0.2) is 46.9 Å². The topological polar surface area (TPSA) is 67.9 Å². The number of rotatable bonds is 2. The Kier molecular flexibility index (Phi) is 4.80. The number of carbonyl (C=O) groups is 2. The molecule has 0 spiro atoms. The Morgan fingerprint density at radius 1 is 1.05 bits per heavy atom. The molecular formula is C15H28N2O4. The van der Waals surface area contributed by atoms with Crippen molar-refractivity contribution in [2.45, 2.75) is 71.6 Å². The maximum atomic E-state index is 11.9. The molecule has 1 rings (SSSR count). The average Bonchev–Trinajstić information content (AvgIpc) is 2.17. The molecule has 2 amide bonds. The summed E-state index contributed by atoms with van der Waals surface area (Å²) in [6.45, 7) is 13.8. The Morgan fingerprint density at radius 2 is 1.52 bits per heavy atom. The third kappa shape index (κ3) is 5.44. The molecule has 122 valence electrons. The Bertz CT molecular complexity index is 401. The zero-order valence-corrected chi connectivity index (χ0v) is 14.2. The van der Waals surface area contributed by atoms with Crippen LogP contribution in [0.4, 0.5) is 9.59 Å². The van der Waals surface area contributed by atoms with Crippen molar-refractivity contribution in [3.8, 4) is 0 Å². The summed E-state index contributed by atoms with van der Waals surface area (Å²) in [7, 11) is 0. The van der Waals surface area contributed by atoms with Gasteiger partial charge in [-0.15, -0.1) is 0 Å². The van der Waals surface area contributed by atoms with Crippen molar-refractivity contribution in [1.29, 1.82) is 0 Å². The summed E-state index contributed by atoms with van der Waals surface area (Å²) in [5.74, 6) is 0. The molecule has 0 unspecified atom stereocenters. The number of nitrogens with one attached hydrogen (secondary N) is 1. The van der Waals surface area contributed by atoms with Gasteiger partial charge in [-0.3, -0.25) is 0 Å². The second-order valence-corrected chi connectivity index (χ2v) is 7.60. The van der Waals surface area contributed by atoms with Gasteiger partial charge in [-0.1, -0.05) is 6.92 Å². The smallest absolute Gasteiger partial charge is 0.410 e. The third-order valence-corrected chi connectivity index (χ3v) is 3.08. The molecule has 21 heavy (non-hydrogen) atoms. The molecule has 1 saturated heterocycles. The normalized spacial score (nSPS) is 17.8. The summed E-state index contributed by atoms with van der Waals surface area (Å²) < 4.78 is 10.6. The van der Waals surface area contributed by atoms with Gasteiger partial charge >= 0.3 is 12.2 Å². The van der Waals surface area contributed by atoms with Gasteiger partial charge in [0.15, 0.2) is 0 Å². The van der Waals surface area contributed by atoms with Crippen LogP contribution in [0.3, 0.4) is 0 Å². The minimum Gasteiger partial charge on any atom is -0.444 e. The molecule has 0 saturated carbocycles. The van der Waals surface area contributed by atoms with Crippen LogP contribution in [0.5, 0.6) is 0 Å². The third-order valence-electron chi connectivity index (χ3n) is 3.08. The highest BCUT2D eigenvalue weighted by Crippen LogP contribution is 2.27. The van der Waals surface area contributed by atoms with Crippen molar-refractivity contribution in [2.24, 2.45) is 0 Å². The van der Waals surface area contributed by atoms with E-state index in [1.165, 1.54) is 0 Å². The number of nitrogens with zero attached hydrogens (tertiary/aromatic N) is 1. The minimum atomic E-state index is -0.534. The number of hydrogen-bond donors (Lipinski definition) is 1. The Hall–Kier alpha value is -1.46. The summed E-state index contributed by atoms with van der Waals surface area (Å²) in [6.07, 6.45) is -0.0725. The van der Waals surface area contributed by atoms with E-state index in [1.54, 1.807) is 4.90 Å². The fourth-order valence-corrected chi connectivity index (χ4v) is 2.05. The van der Waals surface area contributed by atoms with Crippen LogP contribution in [0.2, 0.25) is 0 Å². The van der Waals surface area contributed by atoms with E-state index in [0.717, 1.165) is 6.42 Å². The van der Waals surface area contributed by atoms with Crippen LogP contribution in [0, 0.1) is 0 Å². The summed E-state index contributed by atoms with van der Waals surface area (Å²) >= 11 is 0. The Labute approximate surface area is 127 Å². The van der Waals surface area contributed by atoms with Crippen LogP contribution in [-0.2, 0) is 9.47 Å². The molecule has 0 aromatic rings. The van der Waals surface area contributed by atoms with Gasteiger partial charge < -0.3 is 19.7 Å². The van der Waals surface area contributed by atoms with E-state index in [2.05, 4.69) is 5.32 Å². The lowest BCUT2D eigenvalue weighted by molar-refractivity contribution is -0.0224. The van der Waals surface area contributed by atoms with Crippen molar-refractivity contribution in [3.63, 3.8) is 0 Å². The molecule has 0 radical (unpaired) electrons. The molecule has 1 fully saturated rings. The van der Waals surface area contributed by atoms with Crippen molar-refractivity contribution in [3.05, 3.63) is 0 Å². The molecular weight excluding hydrogens is 272 g/mol. The van der Waals surface area contributed by atoms with Crippen LogP contribution in [0.15, 0.2) is 0 Å². The standard InChI is InChI=1S/C15H28N2O4/c1-8-15(16-11(18)20-13(2,3)4)9-17(10-15)12(19)21-14(5,6)7/h8-10H2,1-7H3,(H,16,18). The first kappa shape index (κ1) is 17.6. The molecule has 1 N–H and O–H groups in total. The van der Waals surface area contributed by atoms with Gasteiger partial charge in [-0.25, -0.2) is 9.59 Å². The van der Waals surface area contributed by atoms with Crippen molar-refractivity contribution < 1.29 is 19.1 Å². The van der Waals surface area contributed by atoms with Crippen LogP contribution in [0.25, 0.3) is 0 Å². The SMILES string of the molecule is CCC1(NC(=O)OC(C)(C)C)CN(C(=O)OC(C)(C)C)C1. The van der Waals surface area contributed by atoms with Crippen LogP contribution < -0.4 is 5.32 Å². The predicted molar refractivity (Wildman–Crippen MR) is 80.2 cm³/mol. The van der Waals surface area contributed by atoms with E-state index < -0.39 is 22.8 Å². The highest BCUT2D eigenvalue weighted by atomic mass is 16.6. The molecule has 0 aromatic heterocycles. The summed E-state index contributed by atoms with van der Waals surface area (Å²) in [6, 6.07) is 0. The molecule has 1 aliphatic heterocycles. The van der Waals surface area contributed by atoms with E-state index in [-0.39, 0.29) is 6.09 Å². The lowest BCUT2D eigenvalue weighted by atomic mass is 9.87. The molecule has 6 heteroatoms. The first-order chi connectivity index (χ1) is 9.36. The maximum absolute atomic E-state index is 11.9. The lowest BCUT2D eigenvalue weighted by Gasteiger charge is -2.49. The zero-order chi connectivity index (χ0) is 16.5. The van der Waals surface area contributed by atoms with E-state index in [4.69, 9.17) is 9.47 Å². The first-order valence-electron chi connectivity index (χ1n) is 7.35. The average molecular weight is 300 g/mol. The highest BCUT2D eigenvalue weighted by molar-refractivity contribution is 5.72. The number of ether oxygens (including phenoxy) is 2. The largest absolute Gasteiger partial charge is 0.444 e. The van der Waals surface area contributed by atoms with Gasteiger partial charge in [0.25, 0.3) is 0 Å². The summed E-state index contributed by atoms with van der Waals surface area (Å²) in [5.41, 5.74) is -1.47. The maximum Gasteiger partial charge on any atom is 0.410 e. The number of alkyl carbamates (subject to hydrolysis) is 1. The molecule has 0 aromatic carbocycles. The Morgan fingerprint density at radius 3 is 1.90 bits per heavy atom. The lowest BCUT2D eigenvalue weighted by Crippen LogP contribution is -2.71. The molecule has 1 heterocycles. The molecule has 0 aliphatic carbocycles. The quantitative estimate of drug-likeness (QED) is 0.851. The monoisotopic (exact) mass is 300 g/mol. The van der Waals surface area contributed by atoms with Gasteiger partial charge in [-0.2, -0.15) is 0 Å². The van der Waals surface area contributed by atoms with Gasteiger partial charge in [0.1, 0.15) is 11.2 Å². The van der Waals surface area contributed by atoms with E-state index in [1.807, 2.05) is 48.5 Å². The summed E-state index contributed by atoms with van der Waals surface area (Å²) in [5, 5.41) is 2.87. The minimum absolute atomic E-state index is 0.349. The van der Waals surface area contributed by atoms with E-state index in [9.17, 15) is 9.59 Å². The van der Waals surface area contributed by atoms with Crippen molar-refractivity contribution >= 4 is 12.2 Å². The van der Waals surface area contributed by atoms with E-state index in [0.29, 0.717) is 13.1 Å². The molecule has 6 nitrogen and oxygen atoms in total. The van der Waals surface area contributed by atoms with Gasteiger partial charge in [0.05, 0.1) is 5.54 Å². The number of amides is 2. The predicted octanol–water partition coefficient (Wildman–Crippen LogP) is 2.91. The molecule has 0 atom stereocenters. The number of carbonyl (C=O) groups excluding carboxylic acids is 2. The van der Waals surface area contributed by atoms with Crippen molar-refractivity contribution in [2.75, 3.05) is 13.1 Å². The van der Waals surface area contributed by atoms with Crippen LogP contribution >= 0.6 is 0 Å². The van der Waals surface area contributed by atoms with Gasteiger partial charge in [0, 0.05) is 13.1 Å². The van der Waals surface area contributed by atoms with Gasteiger partial charge in [-0.05, 0) is 48.0 Å². The fraction of sp³-hybridized carbons (Fsp3) is 0.867. The van der Waals surface area contributed by atoms with Crippen molar-refractivity contribution in [1.82, 2.24) is 10.2 Å². The molecule has 0 bridgehead atoms. The van der Waals surface area contributed by atoms with E-state index >= 15 is 0 Å². The highest BCUT2D eigenvalue weighted by Gasteiger charge is 2.47. The molecule has 1 aliphatic rings. The second kappa shape index (κ2) is 5.73. The Balaban J connectivity index is 2.52. The fourth-order valence-electron chi connectivity index (χ4n) is 2.05. The van der Waals surface area contributed by atoms with Gasteiger partial charge in [0.2, 0.25) is 0 Å². The summed E-state index contributed by atoms with van der Waals surface area (Å²) in [4.78, 5) is 25.4. The number of likely N-dealkylation sites (tertiary alicyclic amines) is 1. The zero-order valence-electron chi connectivity index (χ0n) is 14.2. The first-order valence-corrected chi connectivity index (χ1v) is 7.35. The second-order valence-electron chi connectivity index (χ2n) is 7.60.